The van der Waals surface area contributed by atoms with Crippen molar-refractivity contribution in [1.82, 2.24) is 16.0 Å². The molecule has 0 radical (unpaired) electrons. The van der Waals surface area contributed by atoms with Crippen molar-refractivity contribution < 1.29 is 9.59 Å². The lowest BCUT2D eigenvalue weighted by Crippen LogP contribution is -2.47. The molecule has 0 bridgehead atoms. The van der Waals surface area contributed by atoms with Crippen molar-refractivity contribution in [3.8, 4) is 0 Å². The third-order valence-corrected chi connectivity index (χ3v) is 2.75. The van der Waals surface area contributed by atoms with Gasteiger partial charge in [0.1, 0.15) is 0 Å². The van der Waals surface area contributed by atoms with Crippen LogP contribution < -0.4 is 16.0 Å². The van der Waals surface area contributed by atoms with Crippen molar-refractivity contribution in [1.29, 1.82) is 0 Å². The Morgan fingerprint density at radius 1 is 1.29 bits per heavy atom. The fourth-order valence-corrected chi connectivity index (χ4v) is 1.92. The molecule has 0 saturated carbocycles. The number of amides is 2. The summed E-state index contributed by atoms with van der Waals surface area (Å²) in [6.45, 7) is 4.74. The molecule has 17 heavy (non-hydrogen) atoms. The maximum Gasteiger partial charge on any atom is 0.239 e. The zero-order valence-corrected chi connectivity index (χ0v) is 10.7. The van der Waals surface area contributed by atoms with Gasteiger partial charge in [0.25, 0.3) is 0 Å². The Bertz CT molecular complexity index is 258. The summed E-state index contributed by atoms with van der Waals surface area (Å²) in [6.07, 6.45) is 4.23. The van der Waals surface area contributed by atoms with Crippen molar-refractivity contribution in [2.75, 3.05) is 13.1 Å². The van der Waals surface area contributed by atoms with Gasteiger partial charge in [0.15, 0.2) is 0 Å². The average molecular weight is 241 g/mol. The lowest BCUT2D eigenvalue weighted by atomic mass is 10.1. The van der Waals surface area contributed by atoms with E-state index in [0.717, 1.165) is 25.8 Å². The van der Waals surface area contributed by atoms with Crippen LogP contribution in [0.4, 0.5) is 0 Å². The van der Waals surface area contributed by atoms with E-state index in [2.05, 4.69) is 16.0 Å². The van der Waals surface area contributed by atoms with Crippen molar-refractivity contribution in [3.05, 3.63) is 0 Å². The number of rotatable bonds is 4. The molecular weight excluding hydrogens is 218 g/mol. The molecule has 3 N–H and O–H groups in total. The summed E-state index contributed by atoms with van der Waals surface area (Å²) in [5, 5.41) is 8.61. The molecule has 98 valence electrons. The van der Waals surface area contributed by atoms with E-state index in [-0.39, 0.29) is 30.4 Å². The fraction of sp³-hybridized carbons (Fsp3) is 0.833. The first-order valence-electron chi connectivity index (χ1n) is 6.40. The second kappa shape index (κ2) is 7.27. The summed E-state index contributed by atoms with van der Waals surface area (Å²) in [7, 11) is 0. The monoisotopic (exact) mass is 241 g/mol. The third-order valence-electron chi connectivity index (χ3n) is 2.75. The largest absolute Gasteiger partial charge is 0.352 e. The Morgan fingerprint density at radius 2 is 2.06 bits per heavy atom. The van der Waals surface area contributed by atoms with E-state index in [0.29, 0.717) is 0 Å². The first kappa shape index (κ1) is 14.0. The second-order valence-electron chi connectivity index (χ2n) is 4.80. The highest BCUT2D eigenvalue weighted by Gasteiger charge is 2.19. The molecule has 5 heteroatoms. The average Bonchev–Trinajstić information content (AvgIpc) is 2.53. The quantitative estimate of drug-likeness (QED) is 0.656. The Kier molecular flexibility index (Phi) is 5.97. The van der Waals surface area contributed by atoms with Crippen LogP contribution >= 0.6 is 0 Å². The second-order valence-corrected chi connectivity index (χ2v) is 4.80. The maximum absolute atomic E-state index is 11.8. The molecule has 0 aromatic rings. The van der Waals surface area contributed by atoms with Gasteiger partial charge >= 0.3 is 0 Å². The molecule has 1 fully saturated rings. The van der Waals surface area contributed by atoms with Crippen molar-refractivity contribution in [3.63, 3.8) is 0 Å². The number of hydrogen-bond donors (Lipinski definition) is 3. The van der Waals surface area contributed by atoms with Gasteiger partial charge in [-0.25, -0.2) is 0 Å². The number of carbonyl (C=O) groups excluding carboxylic acids is 2. The van der Waals surface area contributed by atoms with Crippen LogP contribution in [0.25, 0.3) is 0 Å². The zero-order valence-electron chi connectivity index (χ0n) is 10.7. The summed E-state index contributed by atoms with van der Waals surface area (Å²) < 4.78 is 0. The summed E-state index contributed by atoms with van der Waals surface area (Å²) in [5.74, 6) is -0.201. The minimum atomic E-state index is -0.137. The molecule has 5 nitrogen and oxygen atoms in total. The third kappa shape index (κ3) is 5.68. The molecule has 1 saturated heterocycles. The van der Waals surface area contributed by atoms with E-state index in [1.807, 2.05) is 13.8 Å². The van der Waals surface area contributed by atoms with Gasteiger partial charge in [-0.05, 0) is 33.2 Å². The zero-order chi connectivity index (χ0) is 12.7. The molecule has 1 rings (SSSR count). The molecule has 0 aromatic heterocycles. The Morgan fingerprint density at radius 3 is 2.76 bits per heavy atom. The highest BCUT2D eigenvalue weighted by molar-refractivity contribution is 5.87. The van der Waals surface area contributed by atoms with Crippen LogP contribution in [0.5, 0.6) is 0 Å². The molecular formula is C12H23N3O2. The number of nitrogens with one attached hydrogen (secondary N) is 3. The molecule has 0 spiro atoms. The lowest BCUT2D eigenvalue weighted by molar-refractivity contribution is -0.127. The number of hydrogen-bond acceptors (Lipinski definition) is 3. The first-order valence-corrected chi connectivity index (χ1v) is 6.40. The maximum atomic E-state index is 11.8. The summed E-state index contributed by atoms with van der Waals surface area (Å²) >= 11 is 0. The van der Waals surface area contributed by atoms with Crippen LogP contribution in [-0.4, -0.2) is 37.0 Å². The molecule has 1 heterocycles. The van der Waals surface area contributed by atoms with Crippen LogP contribution in [0.1, 0.15) is 39.5 Å². The van der Waals surface area contributed by atoms with E-state index in [9.17, 15) is 9.59 Å². The van der Waals surface area contributed by atoms with Gasteiger partial charge in [-0.1, -0.05) is 12.8 Å². The summed E-state index contributed by atoms with van der Waals surface area (Å²) in [6, 6.07) is -0.0280. The minimum Gasteiger partial charge on any atom is -0.352 e. The number of carbonyl (C=O) groups is 2. The standard InChI is InChI=1S/C12H23N3O2/c1-9(2)15-11(16)8-14-12(17)10-6-4-3-5-7-13-10/h9-10,13H,3-8H2,1-2H3,(H,14,17)(H,15,16). The van der Waals surface area contributed by atoms with Crippen LogP contribution in [-0.2, 0) is 9.59 Å². The van der Waals surface area contributed by atoms with Gasteiger partial charge in [0.05, 0.1) is 12.6 Å². The predicted molar refractivity (Wildman–Crippen MR) is 66.5 cm³/mol. The first-order chi connectivity index (χ1) is 8.09. The van der Waals surface area contributed by atoms with E-state index in [1.54, 1.807) is 0 Å². The Hall–Kier alpha value is -1.10. The predicted octanol–water partition coefficient (Wildman–Crippen LogP) is 0.159. The Balaban J connectivity index is 2.25. The normalized spacial score (nSPS) is 20.8. The highest BCUT2D eigenvalue weighted by Crippen LogP contribution is 2.08. The minimum absolute atomic E-state index is 0.0641. The molecule has 2 amide bonds. The lowest BCUT2D eigenvalue weighted by Gasteiger charge is -2.15. The fourth-order valence-electron chi connectivity index (χ4n) is 1.92. The van der Waals surface area contributed by atoms with Crippen LogP contribution in [0.15, 0.2) is 0 Å². The van der Waals surface area contributed by atoms with E-state index in [1.165, 1.54) is 6.42 Å². The van der Waals surface area contributed by atoms with E-state index < -0.39 is 0 Å². The van der Waals surface area contributed by atoms with E-state index in [4.69, 9.17) is 0 Å². The Labute approximate surface area is 103 Å². The topological polar surface area (TPSA) is 70.2 Å². The van der Waals surface area contributed by atoms with Crippen molar-refractivity contribution in [2.45, 2.75) is 51.6 Å². The molecule has 0 aromatic carbocycles. The van der Waals surface area contributed by atoms with Crippen LogP contribution in [0, 0.1) is 0 Å². The molecule has 0 aliphatic carbocycles. The van der Waals surface area contributed by atoms with Crippen LogP contribution in [0.3, 0.4) is 0 Å². The SMILES string of the molecule is CC(C)NC(=O)CNC(=O)C1CCCCCN1. The summed E-state index contributed by atoms with van der Waals surface area (Å²) in [5.41, 5.74) is 0. The molecule has 1 aliphatic heterocycles. The van der Waals surface area contributed by atoms with Crippen LogP contribution in [0.2, 0.25) is 0 Å². The highest BCUT2D eigenvalue weighted by atomic mass is 16.2. The van der Waals surface area contributed by atoms with Crippen molar-refractivity contribution >= 4 is 11.8 Å². The van der Waals surface area contributed by atoms with Gasteiger partial charge in [0.2, 0.25) is 11.8 Å². The smallest absolute Gasteiger partial charge is 0.239 e. The van der Waals surface area contributed by atoms with Gasteiger partial charge in [-0.15, -0.1) is 0 Å². The van der Waals surface area contributed by atoms with Gasteiger partial charge in [-0.2, -0.15) is 0 Å². The molecule has 1 aliphatic rings. The summed E-state index contributed by atoms with van der Waals surface area (Å²) in [4.78, 5) is 23.1. The van der Waals surface area contributed by atoms with E-state index >= 15 is 0 Å². The van der Waals surface area contributed by atoms with Crippen molar-refractivity contribution in [2.24, 2.45) is 0 Å². The van der Waals surface area contributed by atoms with Gasteiger partial charge < -0.3 is 16.0 Å². The molecule has 1 unspecified atom stereocenters. The van der Waals surface area contributed by atoms with Gasteiger partial charge in [0, 0.05) is 6.04 Å². The van der Waals surface area contributed by atoms with Gasteiger partial charge in [-0.3, -0.25) is 9.59 Å². The molecule has 1 atom stereocenters.